The van der Waals surface area contributed by atoms with Gasteiger partial charge in [0.2, 0.25) is 5.91 Å². The molecule has 0 N–H and O–H groups in total. The molecule has 3 rings (SSSR count). The summed E-state index contributed by atoms with van der Waals surface area (Å²) in [6.07, 6.45) is 0.847. The predicted molar refractivity (Wildman–Crippen MR) is 123 cm³/mol. The van der Waals surface area contributed by atoms with Crippen LogP contribution in [0.5, 0.6) is 5.75 Å². The van der Waals surface area contributed by atoms with Gasteiger partial charge in [0.25, 0.3) is 0 Å². The number of fused-ring (bicyclic) bond motifs is 1. The fourth-order valence-electron chi connectivity index (χ4n) is 2.89. The fraction of sp³-hybridized carbons (Fsp3) is 0.364. The van der Waals surface area contributed by atoms with Crippen molar-refractivity contribution in [2.45, 2.75) is 18.2 Å². The Morgan fingerprint density at radius 2 is 1.93 bits per heavy atom. The van der Waals surface area contributed by atoms with Gasteiger partial charge in [-0.2, -0.15) is 0 Å². The molecular weight excluding hydrogens is 421 g/mol. The van der Waals surface area contributed by atoms with Crippen LogP contribution in [0, 0.1) is 5.82 Å². The maximum Gasteiger partial charge on any atom is 0.239 e. The summed E-state index contributed by atoms with van der Waals surface area (Å²) in [6.45, 7) is 4.03. The third-order valence-corrected chi connectivity index (χ3v) is 6.39. The minimum absolute atomic E-state index is 0.00725. The van der Waals surface area contributed by atoms with Crippen molar-refractivity contribution in [2.75, 3.05) is 44.4 Å². The molecule has 1 amide bonds. The molecule has 0 fully saturated rings. The Balaban J connectivity index is 1.77. The minimum atomic E-state index is -0.281. The third-order valence-electron chi connectivity index (χ3n) is 4.35. The average molecular weight is 448 g/mol. The molecule has 0 radical (unpaired) electrons. The normalized spacial score (nSPS) is 11.2. The number of anilines is 1. The summed E-state index contributed by atoms with van der Waals surface area (Å²) in [7, 11) is 4.03. The predicted octanol–water partition coefficient (Wildman–Crippen LogP) is 4.91. The molecule has 0 atom stereocenters. The first-order valence-electron chi connectivity index (χ1n) is 9.83. The van der Waals surface area contributed by atoms with E-state index in [1.54, 1.807) is 17.0 Å². The Morgan fingerprint density at radius 1 is 1.17 bits per heavy atom. The van der Waals surface area contributed by atoms with Gasteiger partial charge in [0.05, 0.1) is 22.6 Å². The Hall–Kier alpha value is -2.16. The smallest absolute Gasteiger partial charge is 0.239 e. The van der Waals surface area contributed by atoms with E-state index in [1.165, 1.54) is 35.2 Å². The topological polar surface area (TPSA) is 45.7 Å². The lowest BCUT2D eigenvalue weighted by Crippen LogP contribution is -2.34. The van der Waals surface area contributed by atoms with Crippen molar-refractivity contribution in [3.8, 4) is 5.75 Å². The number of aromatic nitrogens is 1. The summed E-state index contributed by atoms with van der Waals surface area (Å²) in [5, 5.41) is 0.696. The number of ether oxygens (including phenoxy) is 1. The molecule has 0 aliphatic heterocycles. The molecular formula is C22H26FN3O2S2. The number of thiazole rings is 1. The van der Waals surface area contributed by atoms with E-state index in [0.717, 1.165) is 33.8 Å². The molecule has 0 aliphatic carbocycles. The quantitative estimate of drug-likeness (QED) is 0.413. The van der Waals surface area contributed by atoms with Gasteiger partial charge >= 0.3 is 0 Å². The standard InChI is InChI=1S/C22H26FN3O2S2/c1-4-28-17-8-11-19-20(14-17)30-22(24-19)26(13-5-12-25(2)3)21(27)15-29-18-9-6-16(23)7-10-18/h6-11,14H,4-5,12-13,15H2,1-3H3. The monoisotopic (exact) mass is 447 g/mol. The van der Waals surface area contributed by atoms with E-state index in [-0.39, 0.29) is 17.5 Å². The van der Waals surface area contributed by atoms with Crippen LogP contribution in [-0.4, -0.2) is 55.3 Å². The van der Waals surface area contributed by atoms with Gasteiger partial charge in [-0.15, -0.1) is 11.8 Å². The summed E-state index contributed by atoms with van der Waals surface area (Å²) < 4.78 is 19.7. The van der Waals surface area contributed by atoms with E-state index in [4.69, 9.17) is 9.72 Å². The van der Waals surface area contributed by atoms with E-state index in [0.29, 0.717) is 18.3 Å². The van der Waals surface area contributed by atoms with Gasteiger partial charge in [0.1, 0.15) is 11.6 Å². The van der Waals surface area contributed by atoms with Crippen molar-refractivity contribution in [1.82, 2.24) is 9.88 Å². The van der Waals surface area contributed by atoms with Crippen molar-refractivity contribution >= 4 is 44.4 Å². The van der Waals surface area contributed by atoms with Gasteiger partial charge < -0.3 is 9.64 Å². The Labute approximate surface area is 184 Å². The van der Waals surface area contributed by atoms with E-state index in [1.807, 2.05) is 39.2 Å². The van der Waals surface area contributed by atoms with Crippen molar-refractivity contribution in [3.05, 3.63) is 48.3 Å². The molecule has 0 unspecified atom stereocenters. The summed E-state index contributed by atoms with van der Waals surface area (Å²) in [5.74, 6) is 0.787. The Bertz CT molecular complexity index is 976. The van der Waals surface area contributed by atoms with Crippen molar-refractivity contribution in [1.29, 1.82) is 0 Å². The average Bonchev–Trinajstić information content (AvgIpc) is 3.13. The van der Waals surface area contributed by atoms with Crippen molar-refractivity contribution in [2.24, 2.45) is 0 Å². The molecule has 30 heavy (non-hydrogen) atoms. The molecule has 5 nitrogen and oxygen atoms in total. The second-order valence-electron chi connectivity index (χ2n) is 7.00. The van der Waals surface area contributed by atoms with Crippen LogP contribution in [0.4, 0.5) is 9.52 Å². The second-order valence-corrected chi connectivity index (χ2v) is 9.06. The van der Waals surface area contributed by atoms with Gasteiger partial charge in [-0.1, -0.05) is 11.3 Å². The highest BCUT2D eigenvalue weighted by molar-refractivity contribution is 8.00. The lowest BCUT2D eigenvalue weighted by atomic mass is 10.3. The van der Waals surface area contributed by atoms with Gasteiger partial charge in [-0.25, -0.2) is 9.37 Å². The number of rotatable bonds is 10. The number of halogens is 1. The maximum atomic E-state index is 13.1. The molecule has 1 aromatic heterocycles. The van der Waals surface area contributed by atoms with Crippen LogP contribution in [-0.2, 0) is 4.79 Å². The molecule has 0 saturated carbocycles. The van der Waals surface area contributed by atoms with E-state index in [9.17, 15) is 9.18 Å². The minimum Gasteiger partial charge on any atom is -0.494 e. The van der Waals surface area contributed by atoms with Crippen molar-refractivity contribution < 1.29 is 13.9 Å². The summed E-state index contributed by atoms with van der Waals surface area (Å²) in [5.41, 5.74) is 0.857. The molecule has 0 saturated heterocycles. The largest absolute Gasteiger partial charge is 0.494 e. The first-order chi connectivity index (χ1) is 14.5. The molecule has 3 aromatic rings. The SMILES string of the molecule is CCOc1ccc2nc(N(CCCN(C)C)C(=O)CSc3ccc(F)cc3)sc2c1. The fourth-order valence-corrected chi connectivity index (χ4v) is 4.70. The maximum absolute atomic E-state index is 13.1. The van der Waals surface area contributed by atoms with Gasteiger partial charge in [-0.3, -0.25) is 9.69 Å². The lowest BCUT2D eigenvalue weighted by Gasteiger charge is -2.21. The zero-order valence-corrected chi connectivity index (χ0v) is 19.1. The third kappa shape index (κ3) is 6.17. The summed E-state index contributed by atoms with van der Waals surface area (Å²) in [6, 6.07) is 12.0. The molecule has 0 spiro atoms. The highest BCUT2D eigenvalue weighted by atomic mass is 32.2. The van der Waals surface area contributed by atoms with E-state index < -0.39 is 0 Å². The van der Waals surface area contributed by atoms with Crippen LogP contribution in [0.15, 0.2) is 47.4 Å². The molecule has 8 heteroatoms. The van der Waals surface area contributed by atoms with Gasteiger partial charge in [0, 0.05) is 11.4 Å². The zero-order valence-electron chi connectivity index (χ0n) is 17.4. The zero-order chi connectivity index (χ0) is 21.5. The van der Waals surface area contributed by atoms with Gasteiger partial charge in [-0.05, 0) is 76.4 Å². The summed E-state index contributed by atoms with van der Waals surface area (Å²) >= 11 is 2.90. The molecule has 0 aliphatic rings. The number of thioether (sulfide) groups is 1. The highest BCUT2D eigenvalue weighted by Crippen LogP contribution is 2.32. The number of nitrogens with zero attached hydrogens (tertiary/aromatic N) is 3. The van der Waals surface area contributed by atoms with Crippen LogP contribution in [0.25, 0.3) is 10.2 Å². The van der Waals surface area contributed by atoms with E-state index in [2.05, 4.69) is 4.90 Å². The second kappa shape index (κ2) is 10.7. The van der Waals surface area contributed by atoms with Crippen LogP contribution < -0.4 is 9.64 Å². The number of carbonyl (C=O) groups excluding carboxylic acids is 1. The Morgan fingerprint density at radius 3 is 2.63 bits per heavy atom. The van der Waals surface area contributed by atoms with E-state index >= 15 is 0 Å². The Kier molecular flexibility index (Phi) is 8.07. The number of carbonyl (C=O) groups is 1. The number of hydrogen-bond acceptors (Lipinski definition) is 6. The summed E-state index contributed by atoms with van der Waals surface area (Å²) in [4.78, 5) is 22.5. The first-order valence-corrected chi connectivity index (χ1v) is 11.6. The van der Waals surface area contributed by atoms with Crippen molar-refractivity contribution in [3.63, 3.8) is 0 Å². The van der Waals surface area contributed by atoms with Gasteiger partial charge in [0.15, 0.2) is 5.13 Å². The van der Waals surface area contributed by atoms with Crippen LogP contribution in [0.2, 0.25) is 0 Å². The number of hydrogen-bond donors (Lipinski definition) is 0. The molecule has 2 aromatic carbocycles. The highest BCUT2D eigenvalue weighted by Gasteiger charge is 2.20. The van der Waals surface area contributed by atoms with Crippen LogP contribution >= 0.6 is 23.1 Å². The number of amides is 1. The van der Waals surface area contributed by atoms with Crippen LogP contribution in [0.3, 0.4) is 0 Å². The lowest BCUT2D eigenvalue weighted by molar-refractivity contribution is -0.116. The molecule has 160 valence electrons. The number of benzene rings is 2. The first kappa shape index (κ1) is 22.5. The van der Waals surface area contributed by atoms with Crippen LogP contribution in [0.1, 0.15) is 13.3 Å². The molecule has 0 bridgehead atoms. The molecule has 1 heterocycles.